The van der Waals surface area contributed by atoms with E-state index in [2.05, 4.69) is 5.32 Å². The number of carboxylic acid groups (broad SMARTS) is 1. The molecule has 2 N–H and O–H groups in total. The first-order valence-corrected chi connectivity index (χ1v) is 9.17. The molecule has 1 aromatic carbocycles. The number of rotatable bonds is 5. The van der Waals surface area contributed by atoms with Crippen LogP contribution in [0.4, 0.5) is 0 Å². The highest BCUT2D eigenvalue weighted by Gasteiger charge is 2.43. The Bertz CT molecular complexity index is 776. The van der Waals surface area contributed by atoms with Crippen molar-refractivity contribution in [1.29, 1.82) is 0 Å². The number of fused-ring (bicyclic) bond motifs is 1. The molecule has 6 heteroatoms. The highest BCUT2D eigenvalue weighted by molar-refractivity contribution is 7.99. The Morgan fingerprint density at radius 2 is 2.17 bits per heavy atom. The Hall–Kier alpha value is -1.95. The lowest BCUT2D eigenvalue weighted by molar-refractivity contribution is -0.150. The molecule has 2 unspecified atom stereocenters. The fourth-order valence-electron chi connectivity index (χ4n) is 3.26. The average Bonchev–Trinajstić information content (AvgIpc) is 3.13. The number of furan rings is 1. The van der Waals surface area contributed by atoms with Crippen LogP contribution in [-0.2, 0) is 9.59 Å². The summed E-state index contributed by atoms with van der Waals surface area (Å²) in [5.41, 5.74) is 0.861. The van der Waals surface area contributed by atoms with Crippen LogP contribution in [0.15, 0.2) is 28.7 Å². The normalized spacial score (nSPS) is 21.8. The van der Waals surface area contributed by atoms with E-state index < -0.39 is 11.4 Å². The lowest BCUT2D eigenvalue weighted by Crippen LogP contribution is -2.38. The van der Waals surface area contributed by atoms with Gasteiger partial charge in [0.15, 0.2) is 0 Å². The van der Waals surface area contributed by atoms with E-state index in [1.54, 1.807) is 11.8 Å². The Labute approximate surface area is 144 Å². The molecule has 0 spiro atoms. The fraction of sp³-hybridized carbons (Fsp3) is 0.444. The van der Waals surface area contributed by atoms with Crippen molar-refractivity contribution >= 4 is 34.6 Å². The van der Waals surface area contributed by atoms with Gasteiger partial charge in [0, 0.05) is 23.1 Å². The van der Waals surface area contributed by atoms with Crippen molar-refractivity contribution < 1.29 is 19.1 Å². The standard InChI is InChI=1S/C18H21NO4S/c1-11-13-5-3-4-6-14(13)23-16(11)12(2)19-15(20)9-18(17(21)22)7-8-24-10-18/h3-6,12H,7-10H2,1-2H3,(H,19,20)(H,21,22). The molecule has 1 fully saturated rings. The highest BCUT2D eigenvalue weighted by Crippen LogP contribution is 2.39. The summed E-state index contributed by atoms with van der Waals surface area (Å²) in [6.07, 6.45) is 0.553. The zero-order chi connectivity index (χ0) is 17.3. The maximum absolute atomic E-state index is 12.4. The average molecular weight is 347 g/mol. The third-order valence-electron chi connectivity index (χ3n) is 4.71. The maximum Gasteiger partial charge on any atom is 0.311 e. The van der Waals surface area contributed by atoms with E-state index in [-0.39, 0.29) is 18.4 Å². The smallest absolute Gasteiger partial charge is 0.311 e. The van der Waals surface area contributed by atoms with Gasteiger partial charge in [0.25, 0.3) is 0 Å². The van der Waals surface area contributed by atoms with Crippen LogP contribution >= 0.6 is 11.8 Å². The molecule has 0 radical (unpaired) electrons. The summed E-state index contributed by atoms with van der Waals surface area (Å²) in [5.74, 6) is 0.878. The van der Waals surface area contributed by atoms with E-state index >= 15 is 0 Å². The van der Waals surface area contributed by atoms with Gasteiger partial charge in [-0.05, 0) is 32.1 Å². The lowest BCUT2D eigenvalue weighted by Gasteiger charge is -2.23. The fourth-order valence-corrected chi connectivity index (χ4v) is 4.70. The molecule has 2 aromatic rings. The van der Waals surface area contributed by atoms with Gasteiger partial charge in [-0.25, -0.2) is 0 Å². The van der Waals surface area contributed by atoms with Crippen molar-refractivity contribution in [2.24, 2.45) is 5.41 Å². The summed E-state index contributed by atoms with van der Waals surface area (Å²) >= 11 is 1.59. The molecule has 1 amide bonds. The lowest BCUT2D eigenvalue weighted by atomic mass is 9.83. The Kier molecular flexibility index (Phi) is 4.58. The van der Waals surface area contributed by atoms with Crippen molar-refractivity contribution in [1.82, 2.24) is 5.32 Å². The van der Waals surface area contributed by atoms with Gasteiger partial charge in [0.2, 0.25) is 5.91 Å². The quantitative estimate of drug-likeness (QED) is 0.865. The zero-order valence-electron chi connectivity index (χ0n) is 13.8. The molecular formula is C18H21NO4S. The van der Waals surface area contributed by atoms with E-state index in [0.29, 0.717) is 12.2 Å². The third kappa shape index (κ3) is 3.02. The topological polar surface area (TPSA) is 79.5 Å². The van der Waals surface area contributed by atoms with E-state index in [9.17, 15) is 14.7 Å². The summed E-state index contributed by atoms with van der Waals surface area (Å²) in [7, 11) is 0. The highest BCUT2D eigenvalue weighted by atomic mass is 32.2. The SMILES string of the molecule is Cc1c(C(C)NC(=O)CC2(C(=O)O)CCSC2)oc2ccccc12. The van der Waals surface area contributed by atoms with Crippen molar-refractivity contribution in [3.05, 3.63) is 35.6 Å². The van der Waals surface area contributed by atoms with Crippen molar-refractivity contribution in [3.63, 3.8) is 0 Å². The third-order valence-corrected chi connectivity index (χ3v) is 5.96. The van der Waals surface area contributed by atoms with E-state index in [1.165, 1.54) is 0 Å². The number of carboxylic acids is 1. The maximum atomic E-state index is 12.4. The van der Waals surface area contributed by atoms with E-state index in [0.717, 1.165) is 28.0 Å². The Morgan fingerprint density at radius 1 is 1.42 bits per heavy atom. The Morgan fingerprint density at radius 3 is 2.79 bits per heavy atom. The van der Waals surface area contributed by atoms with Crippen LogP contribution in [0.25, 0.3) is 11.0 Å². The minimum absolute atomic E-state index is 0.0128. The van der Waals surface area contributed by atoms with Crippen molar-refractivity contribution in [3.8, 4) is 0 Å². The molecule has 3 rings (SSSR count). The first kappa shape index (κ1) is 16.9. The molecule has 1 aliphatic heterocycles. The molecule has 0 aliphatic carbocycles. The second-order valence-electron chi connectivity index (χ2n) is 6.44. The number of thioether (sulfide) groups is 1. The van der Waals surface area contributed by atoms with Gasteiger partial charge in [-0.15, -0.1) is 0 Å². The summed E-state index contributed by atoms with van der Waals surface area (Å²) in [6, 6.07) is 7.44. The van der Waals surface area contributed by atoms with Crippen LogP contribution in [0.3, 0.4) is 0 Å². The predicted octanol–water partition coefficient (Wildman–Crippen LogP) is 3.52. The van der Waals surface area contributed by atoms with Gasteiger partial charge in [0.1, 0.15) is 11.3 Å². The first-order valence-electron chi connectivity index (χ1n) is 8.01. The van der Waals surface area contributed by atoms with Gasteiger partial charge in [0.05, 0.1) is 11.5 Å². The number of carbonyl (C=O) groups is 2. The predicted molar refractivity (Wildman–Crippen MR) is 94.1 cm³/mol. The van der Waals surface area contributed by atoms with Crippen LogP contribution in [0, 0.1) is 12.3 Å². The van der Waals surface area contributed by atoms with Gasteiger partial charge in [-0.1, -0.05) is 18.2 Å². The van der Waals surface area contributed by atoms with Gasteiger partial charge in [-0.3, -0.25) is 9.59 Å². The van der Waals surface area contributed by atoms with E-state index in [1.807, 2.05) is 38.1 Å². The summed E-state index contributed by atoms with van der Waals surface area (Å²) in [5, 5.41) is 13.4. The summed E-state index contributed by atoms with van der Waals surface area (Å²) in [4.78, 5) is 24.0. The summed E-state index contributed by atoms with van der Waals surface area (Å²) < 4.78 is 5.87. The second kappa shape index (κ2) is 6.51. The molecule has 1 saturated heterocycles. The molecule has 24 heavy (non-hydrogen) atoms. The van der Waals surface area contributed by atoms with Gasteiger partial charge in [-0.2, -0.15) is 11.8 Å². The number of nitrogens with one attached hydrogen (secondary N) is 1. The molecule has 2 atom stereocenters. The minimum atomic E-state index is -0.933. The van der Waals surface area contributed by atoms with Gasteiger partial charge < -0.3 is 14.8 Å². The summed E-state index contributed by atoms with van der Waals surface area (Å²) in [6.45, 7) is 3.83. The van der Waals surface area contributed by atoms with Crippen LogP contribution in [0.1, 0.15) is 37.1 Å². The van der Waals surface area contributed by atoms with Crippen LogP contribution in [0.2, 0.25) is 0 Å². The number of amides is 1. The molecule has 1 aromatic heterocycles. The monoisotopic (exact) mass is 347 g/mol. The van der Waals surface area contributed by atoms with Crippen LogP contribution < -0.4 is 5.32 Å². The zero-order valence-corrected chi connectivity index (χ0v) is 14.6. The molecule has 1 aliphatic rings. The molecule has 2 heterocycles. The minimum Gasteiger partial charge on any atom is -0.481 e. The number of hydrogen-bond acceptors (Lipinski definition) is 4. The molecule has 0 saturated carbocycles. The number of aliphatic carboxylic acids is 1. The second-order valence-corrected chi connectivity index (χ2v) is 7.55. The number of carbonyl (C=O) groups excluding carboxylic acids is 1. The molecule has 5 nitrogen and oxygen atoms in total. The Balaban J connectivity index is 1.74. The number of benzene rings is 1. The van der Waals surface area contributed by atoms with Crippen molar-refractivity contribution in [2.45, 2.75) is 32.7 Å². The number of aryl methyl sites for hydroxylation is 1. The van der Waals surface area contributed by atoms with Crippen molar-refractivity contribution in [2.75, 3.05) is 11.5 Å². The number of hydrogen-bond donors (Lipinski definition) is 2. The van der Waals surface area contributed by atoms with Crippen LogP contribution in [-0.4, -0.2) is 28.5 Å². The molecular weight excluding hydrogens is 326 g/mol. The largest absolute Gasteiger partial charge is 0.481 e. The van der Waals surface area contributed by atoms with E-state index in [4.69, 9.17) is 4.42 Å². The first-order chi connectivity index (χ1) is 11.4. The number of para-hydroxylation sites is 1. The van der Waals surface area contributed by atoms with Gasteiger partial charge >= 0.3 is 5.97 Å². The van der Waals surface area contributed by atoms with Crippen LogP contribution in [0.5, 0.6) is 0 Å². The molecule has 0 bridgehead atoms. The molecule has 128 valence electrons.